The second kappa shape index (κ2) is 8.28. The number of sulfonamides is 1. The lowest BCUT2D eigenvalue weighted by molar-refractivity contribution is 0.268. The summed E-state index contributed by atoms with van der Waals surface area (Å²) in [6.45, 7) is 5.79. The van der Waals surface area contributed by atoms with E-state index < -0.39 is 10.0 Å². The normalized spacial score (nSPS) is 12.5. The first-order valence-corrected chi connectivity index (χ1v) is 9.23. The number of rotatable bonds is 9. The van der Waals surface area contributed by atoms with Gasteiger partial charge in [-0.2, -0.15) is 0 Å². The number of nitrogens with one attached hydrogen (secondary N) is 1. The standard InChI is InChI=1S/C13H24BrN3O3S/c1-10(2)17(3)7-5-4-6-16-21(18,19)12-8-11(9-15)20-13(12)14/h8,10,16H,4-7,9,15H2,1-3H3. The molecule has 1 aromatic rings. The molecule has 0 unspecified atom stereocenters. The number of furan rings is 1. The van der Waals surface area contributed by atoms with E-state index in [-0.39, 0.29) is 16.1 Å². The topological polar surface area (TPSA) is 88.6 Å². The van der Waals surface area contributed by atoms with E-state index >= 15 is 0 Å². The van der Waals surface area contributed by atoms with Crippen molar-refractivity contribution in [3.05, 3.63) is 16.5 Å². The van der Waals surface area contributed by atoms with Crippen molar-refractivity contribution in [1.82, 2.24) is 9.62 Å². The molecule has 0 spiro atoms. The van der Waals surface area contributed by atoms with Crippen LogP contribution in [0.15, 0.2) is 20.0 Å². The van der Waals surface area contributed by atoms with Gasteiger partial charge in [-0.25, -0.2) is 13.1 Å². The maximum absolute atomic E-state index is 12.1. The van der Waals surface area contributed by atoms with Crippen LogP contribution < -0.4 is 10.5 Å². The van der Waals surface area contributed by atoms with Gasteiger partial charge in [-0.15, -0.1) is 0 Å². The predicted molar refractivity (Wildman–Crippen MR) is 86.5 cm³/mol. The first-order chi connectivity index (χ1) is 9.77. The number of halogens is 1. The number of unbranched alkanes of at least 4 members (excludes halogenated alkanes) is 1. The first kappa shape index (κ1) is 18.6. The highest BCUT2D eigenvalue weighted by molar-refractivity contribution is 9.10. The Morgan fingerprint density at radius 3 is 2.62 bits per heavy atom. The number of nitrogens with zero attached hydrogens (tertiary/aromatic N) is 1. The van der Waals surface area contributed by atoms with Crippen molar-refractivity contribution in [1.29, 1.82) is 0 Å². The quantitative estimate of drug-likeness (QED) is 0.637. The average molecular weight is 382 g/mol. The summed E-state index contributed by atoms with van der Waals surface area (Å²) in [6.07, 6.45) is 1.73. The van der Waals surface area contributed by atoms with Crippen LogP contribution >= 0.6 is 15.9 Å². The summed E-state index contributed by atoms with van der Waals surface area (Å²) in [6, 6.07) is 1.94. The van der Waals surface area contributed by atoms with Crippen molar-refractivity contribution >= 4 is 26.0 Å². The summed E-state index contributed by atoms with van der Waals surface area (Å²) in [4.78, 5) is 2.33. The smallest absolute Gasteiger partial charge is 0.244 e. The van der Waals surface area contributed by atoms with Crippen LogP contribution in [-0.2, 0) is 16.6 Å². The Bertz CT molecular complexity index is 543. The van der Waals surface area contributed by atoms with E-state index in [9.17, 15) is 8.42 Å². The largest absolute Gasteiger partial charge is 0.452 e. The molecular formula is C13H24BrN3O3S. The van der Waals surface area contributed by atoms with Gasteiger partial charge in [0, 0.05) is 18.7 Å². The Kier molecular flexibility index (Phi) is 7.35. The molecule has 122 valence electrons. The highest BCUT2D eigenvalue weighted by Gasteiger charge is 2.21. The molecule has 1 aromatic heterocycles. The Morgan fingerprint density at radius 1 is 1.43 bits per heavy atom. The van der Waals surface area contributed by atoms with E-state index in [1.165, 1.54) is 6.07 Å². The van der Waals surface area contributed by atoms with Gasteiger partial charge < -0.3 is 15.1 Å². The number of hydrogen-bond acceptors (Lipinski definition) is 5. The molecule has 0 aromatic carbocycles. The summed E-state index contributed by atoms with van der Waals surface area (Å²) in [7, 11) is -1.50. The monoisotopic (exact) mass is 381 g/mol. The Hall–Kier alpha value is -0.410. The highest BCUT2D eigenvalue weighted by Crippen LogP contribution is 2.25. The molecule has 0 aliphatic carbocycles. The maximum atomic E-state index is 12.1. The van der Waals surface area contributed by atoms with Gasteiger partial charge in [0.25, 0.3) is 0 Å². The molecule has 0 aliphatic rings. The Balaban J connectivity index is 2.45. The highest BCUT2D eigenvalue weighted by atomic mass is 79.9. The Labute approximate surface area is 135 Å². The van der Waals surface area contributed by atoms with E-state index in [2.05, 4.69) is 46.4 Å². The van der Waals surface area contributed by atoms with Crippen molar-refractivity contribution < 1.29 is 12.8 Å². The molecule has 6 nitrogen and oxygen atoms in total. The molecule has 21 heavy (non-hydrogen) atoms. The van der Waals surface area contributed by atoms with Crippen LogP contribution in [0.25, 0.3) is 0 Å². The minimum Gasteiger partial charge on any atom is -0.452 e. The maximum Gasteiger partial charge on any atom is 0.244 e. The van der Waals surface area contributed by atoms with Gasteiger partial charge in [-0.3, -0.25) is 0 Å². The molecule has 0 saturated carbocycles. The second-order valence-electron chi connectivity index (χ2n) is 5.23. The minimum atomic E-state index is -3.56. The van der Waals surface area contributed by atoms with E-state index in [1.807, 2.05) is 0 Å². The molecular weight excluding hydrogens is 358 g/mol. The van der Waals surface area contributed by atoms with Crippen molar-refractivity contribution in [2.24, 2.45) is 5.73 Å². The third kappa shape index (κ3) is 5.71. The molecule has 1 heterocycles. The van der Waals surface area contributed by atoms with Gasteiger partial charge in [0.1, 0.15) is 10.7 Å². The number of hydrogen-bond donors (Lipinski definition) is 2. The fourth-order valence-electron chi connectivity index (χ4n) is 1.71. The van der Waals surface area contributed by atoms with Crippen LogP contribution in [0.4, 0.5) is 0 Å². The lowest BCUT2D eigenvalue weighted by Crippen LogP contribution is -2.29. The van der Waals surface area contributed by atoms with Crippen molar-refractivity contribution in [2.75, 3.05) is 20.1 Å². The molecule has 0 aliphatic heterocycles. The van der Waals surface area contributed by atoms with Crippen LogP contribution in [0.3, 0.4) is 0 Å². The molecule has 1 rings (SSSR count). The third-order valence-corrected chi connectivity index (χ3v) is 5.63. The predicted octanol–water partition coefficient (Wildman–Crippen LogP) is 1.90. The van der Waals surface area contributed by atoms with Crippen molar-refractivity contribution in [3.8, 4) is 0 Å². The molecule has 0 saturated heterocycles. The van der Waals surface area contributed by atoms with Gasteiger partial charge in [0.15, 0.2) is 4.67 Å². The molecule has 0 atom stereocenters. The van der Waals surface area contributed by atoms with E-state index in [4.69, 9.17) is 10.2 Å². The zero-order chi connectivity index (χ0) is 16.0. The van der Waals surface area contributed by atoms with Gasteiger partial charge in [-0.05, 0) is 56.2 Å². The van der Waals surface area contributed by atoms with Crippen molar-refractivity contribution in [3.63, 3.8) is 0 Å². The van der Waals surface area contributed by atoms with Crippen LogP contribution in [0.1, 0.15) is 32.4 Å². The molecule has 8 heteroatoms. The van der Waals surface area contributed by atoms with Crippen LogP contribution in [0.2, 0.25) is 0 Å². The van der Waals surface area contributed by atoms with E-state index in [0.29, 0.717) is 18.3 Å². The second-order valence-corrected chi connectivity index (χ2v) is 7.69. The van der Waals surface area contributed by atoms with E-state index in [1.54, 1.807) is 0 Å². The van der Waals surface area contributed by atoms with E-state index in [0.717, 1.165) is 19.4 Å². The van der Waals surface area contributed by atoms with Crippen LogP contribution in [-0.4, -0.2) is 39.5 Å². The molecule has 3 N–H and O–H groups in total. The summed E-state index contributed by atoms with van der Waals surface area (Å²) < 4.78 is 32.2. The summed E-state index contributed by atoms with van der Waals surface area (Å²) in [5.41, 5.74) is 5.43. The molecule has 0 bridgehead atoms. The fraction of sp³-hybridized carbons (Fsp3) is 0.692. The zero-order valence-electron chi connectivity index (χ0n) is 12.7. The van der Waals surface area contributed by atoms with Crippen LogP contribution in [0.5, 0.6) is 0 Å². The lowest BCUT2D eigenvalue weighted by atomic mass is 10.2. The minimum absolute atomic E-state index is 0.0993. The summed E-state index contributed by atoms with van der Waals surface area (Å²) in [5, 5.41) is 0. The third-order valence-electron chi connectivity index (χ3n) is 3.31. The van der Waals surface area contributed by atoms with Crippen LogP contribution in [0, 0.1) is 0 Å². The Morgan fingerprint density at radius 2 is 2.10 bits per heavy atom. The number of nitrogens with two attached hydrogens (primary N) is 1. The summed E-state index contributed by atoms with van der Waals surface area (Å²) >= 11 is 3.10. The van der Waals surface area contributed by atoms with Gasteiger partial charge in [0.05, 0.1) is 6.54 Å². The zero-order valence-corrected chi connectivity index (χ0v) is 15.1. The molecule has 0 radical (unpaired) electrons. The van der Waals surface area contributed by atoms with Gasteiger partial charge >= 0.3 is 0 Å². The fourth-order valence-corrected chi connectivity index (χ4v) is 3.78. The van der Waals surface area contributed by atoms with Gasteiger partial charge in [0.2, 0.25) is 10.0 Å². The molecule has 0 amide bonds. The summed E-state index contributed by atoms with van der Waals surface area (Å²) in [5.74, 6) is 0.431. The lowest BCUT2D eigenvalue weighted by Gasteiger charge is -2.20. The van der Waals surface area contributed by atoms with Gasteiger partial charge in [-0.1, -0.05) is 0 Å². The average Bonchev–Trinajstić information content (AvgIpc) is 2.80. The SMILES string of the molecule is CC(C)N(C)CCCCNS(=O)(=O)c1cc(CN)oc1Br. The van der Waals surface area contributed by atoms with Crippen molar-refractivity contribution in [2.45, 2.75) is 44.2 Å². The molecule has 0 fully saturated rings. The first-order valence-electron chi connectivity index (χ1n) is 6.96.